The molecule has 0 aromatic carbocycles. The summed E-state index contributed by atoms with van der Waals surface area (Å²) in [5.74, 6) is 0.531. The van der Waals surface area contributed by atoms with Gasteiger partial charge in [-0.05, 0) is 24.2 Å². The fourth-order valence-corrected chi connectivity index (χ4v) is 2.92. The van der Waals surface area contributed by atoms with E-state index >= 15 is 0 Å². The van der Waals surface area contributed by atoms with E-state index in [1.165, 1.54) is 0 Å². The molecule has 0 saturated heterocycles. The highest BCUT2D eigenvalue weighted by molar-refractivity contribution is 6.74. The van der Waals surface area contributed by atoms with Crippen LogP contribution in [0.2, 0.25) is 18.1 Å². The number of aromatic nitrogens is 2. The van der Waals surface area contributed by atoms with Crippen molar-refractivity contribution in [2.75, 3.05) is 19.5 Å². The zero-order valence-electron chi connectivity index (χ0n) is 12.9. The molecule has 0 fully saturated rings. The molecule has 0 saturated carbocycles. The van der Waals surface area contributed by atoms with Crippen molar-refractivity contribution in [1.29, 1.82) is 0 Å². The summed E-state index contributed by atoms with van der Waals surface area (Å²) in [6, 6.07) is 1.79. The molecule has 2 N–H and O–H groups in total. The molecule has 5 nitrogen and oxygen atoms in total. The van der Waals surface area contributed by atoms with Gasteiger partial charge in [-0.25, -0.2) is 0 Å². The largest absolute Gasteiger partial charge is 0.410 e. The maximum absolute atomic E-state index is 6.37. The van der Waals surface area contributed by atoms with E-state index in [0.29, 0.717) is 19.0 Å². The topological polar surface area (TPSA) is 62.3 Å². The number of nitrogens with two attached hydrogens (primary N) is 1. The van der Waals surface area contributed by atoms with Crippen LogP contribution in [0.25, 0.3) is 0 Å². The Bertz CT molecular complexity index is 399. The van der Waals surface area contributed by atoms with Gasteiger partial charge in [0.1, 0.15) is 5.82 Å². The monoisotopic (exact) mass is 285 g/mol. The molecule has 6 heteroatoms. The van der Waals surface area contributed by atoms with E-state index < -0.39 is 8.32 Å². The van der Waals surface area contributed by atoms with Gasteiger partial charge in [0.2, 0.25) is 0 Å². The van der Waals surface area contributed by atoms with Gasteiger partial charge in [0, 0.05) is 13.3 Å². The number of hydrogen-bond acceptors (Lipinski definition) is 4. The minimum atomic E-state index is -1.80. The molecule has 1 atom stereocenters. The fraction of sp³-hybridized carbons (Fsp3) is 0.769. The molecule has 0 radical (unpaired) electrons. The molecule has 0 bridgehead atoms. The SMILES string of the molecule is COCC(Cn1ccc(N)n1)O[Si](C)(C)C(C)(C)C. The van der Waals surface area contributed by atoms with Gasteiger partial charge in [0.05, 0.1) is 19.3 Å². The molecular formula is C13H27N3O2Si. The summed E-state index contributed by atoms with van der Waals surface area (Å²) in [5.41, 5.74) is 5.63. The second kappa shape index (κ2) is 6.07. The van der Waals surface area contributed by atoms with Crippen molar-refractivity contribution in [2.45, 2.75) is 51.6 Å². The molecule has 0 aliphatic heterocycles. The van der Waals surface area contributed by atoms with Crippen LogP contribution in [-0.4, -0.2) is 37.9 Å². The molecule has 1 heterocycles. The van der Waals surface area contributed by atoms with Gasteiger partial charge in [-0.3, -0.25) is 4.68 Å². The highest BCUT2D eigenvalue weighted by Crippen LogP contribution is 2.37. The van der Waals surface area contributed by atoms with Crippen LogP contribution in [0.4, 0.5) is 5.82 Å². The van der Waals surface area contributed by atoms with Crippen molar-refractivity contribution in [1.82, 2.24) is 9.78 Å². The predicted molar refractivity (Wildman–Crippen MR) is 80.6 cm³/mol. The van der Waals surface area contributed by atoms with Crippen LogP contribution in [0.5, 0.6) is 0 Å². The first-order chi connectivity index (χ1) is 8.65. The minimum absolute atomic E-state index is 0.00481. The van der Waals surface area contributed by atoms with Gasteiger partial charge >= 0.3 is 0 Å². The molecule has 0 aliphatic rings. The summed E-state index contributed by atoms with van der Waals surface area (Å²) in [5, 5.41) is 4.38. The van der Waals surface area contributed by atoms with Crippen LogP contribution in [0.1, 0.15) is 20.8 Å². The first-order valence-corrected chi connectivity index (χ1v) is 9.52. The first-order valence-electron chi connectivity index (χ1n) is 6.61. The van der Waals surface area contributed by atoms with Crippen molar-refractivity contribution < 1.29 is 9.16 Å². The highest BCUT2D eigenvalue weighted by atomic mass is 28.4. The summed E-state index contributed by atoms with van der Waals surface area (Å²) < 4.78 is 13.4. The fourth-order valence-electron chi connectivity index (χ4n) is 1.59. The third kappa shape index (κ3) is 4.63. The Balaban J connectivity index is 2.73. The average Bonchev–Trinajstić information content (AvgIpc) is 2.62. The van der Waals surface area contributed by atoms with Crippen molar-refractivity contribution in [2.24, 2.45) is 0 Å². The average molecular weight is 285 g/mol. The maximum atomic E-state index is 6.37. The van der Waals surface area contributed by atoms with Crippen LogP contribution >= 0.6 is 0 Å². The Morgan fingerprint density at radius 2 is 2.05 bits per heavy atom. The molecule has 1 aromatic heterocycles. The first kappa shape index (κ1) is 16.2. The zero-order chi connectivity index (χ0) is 14.7. The second-order valence-corrected chi connectivity index (χ2v) is 11.2. The van der Waals surface area contributed by atoms with Gasteiger partial charge in [0.25, 0.3) is 0 Å². The van der Waals surface area contributed by atoms with Crippen LogP contribution in [0.3, 0.4) is 0 Å². The molecule has 0 amide bonds. The normalized spacial score (nSPS) is 14.6. The van der Waals surface area contributed by atoms with E-state index in [4.69, 9.17) is 14.9 Å². The standard InChI is InChI=1S/C13H27N3O2Si/c1-13(2,3)19(5,6)18-11(10-17-4)9-16-8-7-12(14)15-16/h7-8,11H,9-10H2,1-6H3,(H2,14,15). The van der Waals surface area contributed by atoms with E-state index in [2.05, 4.69) is 39.0 Å². The Morgan fingerprint density at radius 3 is 2.47 bits per heavy atom. The minimum Gasteiger partial charge on any atom is -0.410 e. The van der Waals surface area contributed by atoms with Crippen molar-refractivity contribution >= 4 is 14.1 Å². The van der Waals surface area contributed by atoms with Gasteiger partial charge in [-0.15, -0.1) is 0 Å². The number of hydrogen-bond donors (Lipinski definition) is 1. The molecule has 0 aliphatic carbocycles. The number of anilines is 1. The molecule has 1 rings (SSSR count). The van der Waals surface area contributed by atoms with E-state index in [0.717, 1.165) is 0 Å². The molecule has 0 spiro atoms. The summed E-state index contributed by atoms with van der Waals surface area (Å²) in [6.07, 6.45) is 1.87. The van der Waals surface area contributed by atoms with Crippen molar-refractivity contribution in [3.05, 3.63) is 12.3 Å². The number of methoxy groups -OCH3 is 1. The molecule has 19 heavy (non-hydrogen) atoms. The third-order valence-corrected chi connectivity index (χ3v) is 8.21. The lowest BCUT2D eigenvalue weighted by Crippen LogP contribution is -2.46. The van der Waals surface area contributed by atoms with Crippen LogP contribution in [0.15, 0.2) is 12.3 Å². The number of rotatable bonds is 6. The van der Waals surface area contributed by atoms with Gasteiger partial charge in [-0.1, -0.05) is 20.8 Å². The molecular weight excluding hydrogens is 258 g/mol. The Morgan fingerprint density at radius 1 is 1.42 bits per heavy atom. The number of ether oxygens (including phenoxy) is 1. The third-order valence-electron chi connectivity index (χ3n) is 3.67. The molecule has 110 valence electrons. The quantitative estimate of drug-likeness (QED) is 0.816. The van der Waals surface area contributed by atoms with Gasteiger partial charge in [-0.2, -0.15) is 5.10 Å². The second-order valence-electron chi connectivity index (χ2n) is 6.42. The summed E-state index contributed by atoms with van der Waals surface area (Å²) >= 11 is 0. The van der Waals surface area contributed by atoms with E-state index in [1.807, 2.05) is 10.9 Å². The van der Waals surface area contributed by atoms with Crippen LogP contribution < -0.4 is 5.73 Å². The van der Waals surface area contributed by atoms with E-state index in [9.17, 15) is 0 Å². The van der Waals surface area contributed by atoms with Crippen LogP contribution in [-0.2, 0) is 15.7 Å². The number of nitrogen functional groups attached to an aromatic ring is 1. The molecule has 1 aromatic rings. The summed E-state index contributed by atoms with van der Waals surface area (Å²) in [7, 11) is -0.111. The van der Waals surface area contributed by atoms with Crippen molar-refractivity contribution in [3.8, 4) is 0 Å². The summed E-state index contributed by atoms with van der Waals surface area (Å²) in [6.45, 7) is 12.4. The smallest absolute Gasteiger partial charge is 0.192 e. The Labute approximate surface area is 117 Å². The highest BCUT2D eigenvalue weighted by Gasteiger charge is 2.39. The lowest BCUT2D eigenvalue weighted by Gasteiger charge is -2.39. The zero-order valence-corrected chi connectivity index (χ0v) is 13.9. The molecule has 1 unspecified atom stereocenters. The van der Waals surface area contributed by atoms with Crippen LogP contribution in [0, 0.1) is 0 Å². The Kier molecular flexibility index (Phi) is 5.17. The van der Waals surface area contributed by atoms with E-state index in [1.54, 1.807) is 13.2 Å². The van der Waals surface area contributed by atoms with E-state index in [-0.39, 0.29) is 11.1 Å². The lowest BCUT2D eigenvalue weighted by atomic mass is 10.2. The lowest BCUT2D eigenvalue weighted by molar-refractivity contribution is 0.0587. The summed E-state index contributed by atoms with van der Waals surface area (Å²) in [4.78, 5) is 0. The van der Waals surface area contributed by atoms with Gasteiger partial charge in [0.15, 0.2) is 8.32 Å². The van der Waals surface area contributed by atoms with Crippen molar-refractivity contribution in [3.63, 3.8) is 0 Å². The Hall–Kier alpha value is -0.853. The predicted octanol–water partition coefficient (Wildman–Crippen LogP) is 2.50. The van der Waals surface area contributed by atoms with Gasteiger partial charge < -0.3 is 14.9 Å². The maximum Gasteiger partial charge on any atom is 0.192 e. The number of nitrogens with zero attached hydrogens (tertiary/aromatic N) is 2.